The van der Waals surface area contributed by atoms with E-state index in [1.165, 1.54) is 12.3 Å². The molecule has 0 unspecified atom stereocenters. The van der Waals surface area contributed by atoms with E-state index in [9.17, 15) is 18.4 Å². The molecule has 1 aliphatic heterocycles. The first-order valence-electron chi connectivity index (χ1n) is 7.73. The van der Waals surface area contributed by atoms with Gasteiger partial charge in [-0.05, 0) is 24.3 Å². The maximum atomic E-state index is 13.2. The van der Waals surface area contributed by atoms with Gasteiger partial charge in [-0.15, -0.1) is 0 Å². The summed E-state index contributed by atoms with van der Waals surface area (Å²) in [5.41, 5.74) is 1.22. The van der Waals surface area contributed by atoms with Gasteiger partial charge in [0.2, 0.25) is 6.41 Å². The van der Waals surface area contributed by atoms with Crippen LogP contribution >= 0.6 is 0 Å². The van der Waals surface area contributed by atoms with E-state index < -0.39 is 11.6 Å². The van der Waals surface area contributed by atoms with E-state index in [0.29, 0.717) is 37.6 Å². The van der Waals surface area contributed by atoms with E-state index in [1.807, 2.05) is 0 Å². The van der Waals surface area contributed by atoms with E-state index in [0.717, 1.165) is 18.5 Å². The quantitative estimate of drug-likeness (QED) is 0.860. The number of nitrogens with one attached hydrogen (secondary N) is 1. The summed E-state index contributed by atoms with van der Waals surface area (Å²) >= 11 is 0. The van der Waals surface area contributed by atoms with Crippen LogP contribution in [0.15, 0.2) is 36.5 Å². The standard InChI is InChI=1S/C17H16F2N4O2/c18-14-3-1-12(9-15(14)19)21-13-2-4-16(20-10-13)17(25)23-7-5-22(11-24)6-8-23/h1-4,9-11,21H,5-8H2. The van der Waals surface area contributed by atoms with Crippen LogP contribution in [0.25, 0.3) is 0 Å². The molecular weight excluding hydrogens is 330 g/mol. The van der Waals surface area contributed by atoms with Gasteiger partial charge < -0.3 is 15.1 Å². The van der Waals surface area contributed by atoms with Gasteiger partial charge in [0.25, 0.3) is 5.91 Å². The number of benzene rings is 1. The van der Waals surface area contributed by atoms with Gasteiger partial charge in [-0.3, -0.25) is 9.59 Å². The monoisotopic (exact) mass is 346 g/mol. The van der Waals surface area contributed by atoms with Crippen LogP contribution in [0.5, 0.6) is 0 Å². The first-order valence-corrected chi connectivity index (χ1v) is 7.73. The Morgan fingerprint density at radius 1 is 1.04 bits per heavy atom. The first-order chi connectivity index (χ1) is 12.1. The lowest BCUT2D eigenvalue weighted by atomic mass is 10.2. The summed E-state index contributed by atoms with van der Waals surface area (Å²) in [5, 5.41) is 2.89. The third-order valence-electron chi connectivity index (χ3n) is 3.94. The summed E-state index contributed by atoms with van der Waals surface area (Å²) in [7, 11) is 0. The predicted octanol–water partition coefficient (Wildman–Crippen LogP) is 2.02. The van der Waals surface area contributed by atoms with Crippen LogP contribution in [-0.2, 0) is 4.79 Å². The van der Waals surface area contributed by atoms with Crippen molar-refractivity contribution in [2.45, 2.75) is 0 Å². The molecule has 6 nitrogen and oxygen atoms in total. The van der Waals surface area contributed by atoms with Crippen LogP contribution in [-0.4, -0.2) is 53.3 Å². The highest BCUT2D eigenvalue weighted by atomic mass is 19.2. The zero-order valence-corrected chi connectivity index (χ0v) is 13.3. The van der Waals surface area contributed by atoms with Gasteiger partial charge in [-0.1, -0.05) is 0 Å². The molecule has 1 saturated heterocycles. The molecule has 1 fully saturated rings. The van der Waals surface area contributed by atoms with Crippen molar-refractivity contribution in [2.24, 2.45) is 0 Å². The normalized spacial score (nSPS) is 14.3. The van der Waals surface area contributed by atoms with Crippen molar-refractivity contribution in [1.29, 1.82) is 0 Å². The molecule has 1 aromatic heterocycles. The van der Waals surface area contributed by atoms with Crippen molar-refractivity contribution < 1.29 is 18.4 Å². The summed E-state index contributed by atoms with van der Waals surface area (Å²) in [4.78, 5) is 30.5. The summed E-state index contributed by atoms with van der Waals surface area (Å²) < 4.78 is 26.1. The van der Waals surface area contributed by atoms with E-state index in [1.54, 1.807) is 21.9 Å². The Balaban J connectivity index is 1.64. The molecular formula is C17H16F2N4O2. The van der Waals surface area contributed by atoms with Crippen LogP contribution in [0, 0.1) is 11.6 Å². The summed E-state index contributed by atoms with van der Waals surface area (Å²) in [5.74, 6) is -2.07. The van der Waals surface area contributed by atoms with Gasteiger partial charge >= 0.3 is 0 Å². The number of pyridine rings is 1. The minimum Gasteiger partial charge on any atom is -0.354 e. The van der Waals surface area contributed by atoms with Crippen LogP contribution in [0.4, 0.5) is 20.2 Å². The number of rotatable bonds is 4. The Hall–Kier alpha value is -3.03. The fourth-order valence-corrected chi connectivity index (χ4v) is 2.53. The predicted molar refractivity (Wildman–Crippen MR) is 87.4 cm³/mol. The molecule has 1 N–H and O–H groups in total. The Morgan fingerprint density at radius 3 is 2.36 bits per heavy atom. The van der Waals surface area contributed by atoms with Gasteiger partial charge in [0.1, 0.15) is 5.69 Å². The minimum absolute atomic E-state index is 0.204. The fourth-order valence-electron chi connectivity index (χ4n) is 2.53. The number of carbonyl (C=O) groups excluding carboxylic acids is 2. The molecule has 0 spiro atoms. The van der Waals surface area contributed by atoms with Crippen LogP contribution in [0.3, 0.4) is 0 Å². The van der Waals surface area contributed by atoms with Crippen LogP contribution in [0.1, 0.15) is 10.5 Å². The van der Waals surface area contributed by atoms with Gasteiger partial charge in [-0.25, -0.2) is 13.8 Å². The highest BCUT2D eigenvalue weighted by Crippen LogP contribution is 2.19. The SMILES string of the molecule is O=CN1CCN(C(=O)c2ccc(Nc3ccc(F)c(F)c3)cn2)CC1. The minimum atomic E-state index is -0.945. The highest BCUT2D eigenvalue weighted by Gasteiger charge is 2.22. The van der Waals surface area contributed by atoms with Crippen LogP contribution in [0.2, 0.25) is 0 Å². The number of hydrogen-bond donors (Lipinski definition) is 1. The molecule has 0 atom stereocenters. The molecule has 0 aliphatic carbocycles. The first kappa shape index (κ1) is 16.8. The molecule has 0 bridgehead atoms. The second-order valence-electron chi connectivity index (χ2n) is 5.62. The lowest BCUT2D eigenvalue weighted by Crippen LogP contribution is -2.48. The third kappa shape index (κ3) is 3.90. The Labute approximate surface area is 143 Å². The number of amides is 2. The second-order valence-corrected chi connectivity index (χ2v) is 5.62. The molecule has 2 aromatic rings. The molecule has 0 radical (unpaired) electrons. The zero-order valence-electron chi connectivity index (χ0n) is 13.3. The Morgan fingerprint density at radius 2 is 1.76 bits per heavy atom. The molecule has 2 heterocycles. The molecule has 8 heteroatoms. The topological polar surface area (TPSA) is 65.5 Å². The van der Waals surface area contributed by atoms with Crippen molar-refractivity contribution in [3.8, 4) is 0 Å². The van der Waals surface area contributed by atoms with E-state index in [-0.39, 0.29) is 11.6 Å². The molecule has 1 aromatic carbocycles. The van der Waals surface area contributed by atoms with Crippen molar-refractivity contribution in [3.05, 3.63) is 53.9 Å². The van der Waals surface area contributed by atoms with E-state index >= 15 is 0 Å². The zero-order chi connectivity index (χ0) is 17.8. The van der Waals surface area contributed by atoms with Gasteiger partial charge in [0, 0.05) is 37.9 Å². The number of anilines is 2. The molecule has 25 heavy (non-hydrogen) atoms. The smallest absolute Gasteiger partial charge is 0.272 e. The van der Waals surface area contributed by atoms with E-state index in [2.05, 4.69) is 10.3 Å². The molecule has 2 amide bonds. The lowest BCUT2D eigenvalue weighted by molar-refractivity contribution is -0.119. The average molecular weight is 346 g/mol. The van der Waals surface area contributed by atoms with Crippen LogP contribution < -0.4 is 5.32 Å². The Kier molecular flexibility index (Phi) is 4.87. The fraction of sp³-hybridized carbons (Fsp3) is 0.235. The summed E-state index contributed by atoms with van der Waals surface area (Å²) in [6, 6.07) is 6.69. The summed E-state index contributed by atoms with van der Waals surface area (Å²) in [6.07, 6.45) is 2.23. The molecule has 0 saturated carbocycles. The molecule has 130 valence electrons. The number of piperazine rings is 1. The molecule has 3 rings (SSSR count). The largest absolute Gasteiger partial charge is 0.354 e. The average Bonchev–Trinajstić information content (AvgIpc) is 2.65. The Bertz CT molecular complexity index is 775. The van der Waals surface area contributed by atoms with Crippen molar-refractivity contribution in [3.63, 3.8) is 0 Å². The number of nitrogens with zero attached hydrogens (tertiary/aromatic N) is 3. The maximum Gasteiger partial charge on any atom is 0.272 e. The number of halogens is 2. The van der Waals surface area contributed by atoms with Gasteiger partial charge in [0.05, 0.1) is 11.9 Å². The maximum absolute atomic E-state index is 13.2. The lowest BCUT2D eigenvalue weighted by Gasteiger charge is -2.32. The number of hydrogen-bond acceptors (Lipinski definition) is 4. The molecule has 1 aliphatic rings. The van der Waals surface area contributed by atoms with Crippen molar-refractivity contribution in [1.82, 2.24) is 14.8 Å². The van der Waals surface area contributed by atoms with E-state index in [4.69, 9.17) is 0 Å². The van der Waals surface area contributed by atoms with Crippen molar-refractivity contribution in [2.75, 3.05) is 31.5 Å². The third-order valence-corrected chi connectivity index (χ3v) is 3.94. The number of carbonyl (C=O) groups is 2. The van der Waals surface area contributed by atoms with Gasteiger partial charge in [0.15, 0.2) is 11.6 Å². The summed E-state index contributed by atoms with van der Waals surface area (Å²) in [6.45, 7) is 1.94. The second kappa shape index (κ2) is 7.25. The van der Waals surface area contributed by atoms with Gasteiger partial charge in [-0.2, -0.15) is 0 Å². The van der Waals surface area contributed by atoms with Crippen molar-refractivity contribution >= 4 is 23.7 Å². The highest BCUT2D eigenvalue weighted by molar-refractivity contribution is 5.92. The number of aromatic nitrogens is 1.